The summed E-state index contributed by atoms with van der Waals surface area (Å²) in [6.07, 6.45) is 8.14. The Labute approximate surface area is 208 Å². The van der Waals surface area contributed by atoms with Gasteiger partial charge in [-0.05, 0) is 43.5 Å². The number of aryl methyl sites for hydroxylation is 1. The van der Waals surface area contributed by atoms with E-state index in [1.165, 1.54) is 11.3 Å². The number of nitrogens with one attached hydrogen (secondary N) is 2. The van der Waals surface area contributed by atoms with Crippen molar-refractivity contribution >= 4 is 44.7 Å². The first-order valence-electron chi connectivity index (χ1n) is 10.9. The smallest absolute Gasteiger partial charge is 0.300 e. The van der Waals surface area contributed by atoms with E-state index in [2.05, 4.69) is 45.6 Å². The Morgan fingerprint density at radius 2 is 2.00 bits per heavy atom. The lowest BCUT2D eigenvalue weighted by molar-refractivity contribution is -0.111. The number of pyridine rings is 1. The normalized spacial score (nSPS) is 12.3. The summed E-state index contributed by atoms with van der Waals surface area (Å²) in [4.78, 5) is 31.4. The standard InChI is InChI=1S/C23H20N4O2S.C4H6O/c1-5-7-16(6-2)9-12-20(28)25-17-10-8-15(3)19(14-17)29-21-13-11-18-22(27-21)30-23(24-4)26-18;5-3-4-1-2-4/h5-8,10-11,13-14H,1-2H2,3-4H3,(H,24,26)(H,25,28);3-4H,1-2H2/b16-7+;. The van der Waals surface area contributed by atoms with Crippen molar-refractivity contribution in [2.75, 3.05) is 17.7 Å². The maximum absolute atomic E-state index is 12.1. The number of hydrogen-bond donors (Lipinski definition) is 2. The Morgan fingerprint density at radius 3 is 2.63 bits per heavy atom. The number of allylic oxidation sites excluding steroid dienone is 4. The molecule has 7 nitrogen and oxygen atoms in total. The number of carbonyl (C=O) groups excluding carboxylic acids is 2. The number of anilines is 2. The van der Waals surface area contributed by atoms with Crippen LogP contribution in [0.25, 0.3) is 10.3 Å². The summed E-state index contributed by atoms with van der Waals surface area (Å²) in [6, 6.07) is 9.00. The highest BCUT2D eigenvalue weighted by atomic mass is 32.1. The summed E-state index contributed by atoms with van der Waals surface area (Å²) >= 11 is 1.45. The highest BCUT2D eigenvalue weighted by Gasteiger charge is 2.19. The van der Waals surface area contributed by atoms with Gasteiger partial charge in [-0.3, -0.25) is 4.79 Å². The van der Waals surface area contributed by atoms with Crippen molar-refractivity contribution in [2.24, 2.45) is 5.92 Å². The van der Waals surface area contributed by atoms with Crippen molar-refractivity contribution in [3.63, 3.8) is 0 Å². The second-order valence-corrected chi connectivity index (χ2v) is 8.54. The molecule has 0 spiro atoms. The fraction of sp³-hybridized carbons (Fsp3) is 0.185. The first-order valence-corrected chi connectivity index (χ1v) is 11.7. The molecule has 0 radical (unpaired) electrons. The Bertz CT molecular complexity index is 1340. The average molecular weight is 487 g/mol. The van der Waals surface area contributed by atoms with Crippen molar-refractivity contribution in [3.05, 3.63) is 72.9 Å². The fourth-order valence-electron chi connectivity index (χ4n) is 2.68. The van der Waals surface area contributed by atoms with Crippen LogP contribution in [0, 0.1) is 24.7 Å². The summed E-state index contributed by atoms with van der Waals surface area (Å²) in [5.74, 6) is 6.32. The van der Waals surface area contributed by atoms with Gasteiger partial charge < -0.3 is 20.2 Å². The van der Waals surface area contributed by atoms with E-state index in [-0.39, 0.29) is 0 Å². The molecule has 3 aromatic rings. The number of hydrogen-bond acceptors (Lipinski definition) is 7. The Morgan fingerprint density at radius 1 is 1.20 bits per heavy atom. The molecule has 0 atom stereocenters. The van der Waals surface area contributed by atoms with Crippen LogP contribution in [0.4, 0.5) is 10.8 Å². The molecule has 8 heteroatoms. The molecule has 0 saturated heterocycles. The summed E-state index contributed by atoms with van der Waals surface area (Å²) in [5.41, 5.74) is 2.89. The van der Waals surface area contributed by atoms with E-state index in [1.54, 1.807) is 36.4 Å². The minimum absolute atomic E-state index is 0.439. The molecule has 2 aromatic heterocycles. The van der Waals surface area contributed by atoms with E-state index in [9.17, 15) is 9.59 Å². The quantitative estimate of drug-likeness (QED) is 0.254. The van der Waals surface area contributed by atoms with Crippen LogP contribution in [0.15, 0.2) is 67.3 Å². The van der Waals surface area contributed by atoms with Crippen LogP contribution in [0.3, 0.4) is 0 Å². The maximum Gasteiger partial charge on any atom is 0.300 e. The van der Waals surface area contributed by atoms with Gasteiger partial charge in [-0.2, -0.15) is 0 Å². The summed E-state index contributed by atoms with van der Waals surface area (Å²) in [7, 11) is 1.82. The number of carbonyl (C=O) groups is 2. The molecule has 2 N–H and O–H groups in total. The molecular weight excluding hydrogens is 460 g/mol. The third kappa shape index (κ3) is 7.66. The minimum atomic E-state index is -0.439. The summed E-state index contributed by atoms with van der Waals surface area (Å²) < 4.78 is 5.96. The zero-order chi connectivity index (χ0) is 25.2. The SMILES string of the molecule is C=C/C=C(/C#CC(=O)Nc1ccc(C)c(Oc2ccc3nc(NC)sc3n2)c1)C=C.O=CC1CC1. The molecule has 0 bridgehead atoms. The van der Waals surface area contributed by atoms with E-state index in [1.807, 2.05) is 26.1 Å². The summed E-state index contributed by atoms with van der Waals surface area (Å²) in [6.45, 7) is 9.17. The molecule has 1 saturated carbocycles. The van der Waals surface area contributed by atoms with E-state index in [0.29, 0.717) is 28.8 Å². The van der Waals surface area contributed by atoms with Crippen LogP contribution in [0.2, 0.25) is 0 Å². The number of aldehydes is 1. The van der Waals surface area contributed by atoms with E-state index < -0.39 is 5.91 Å². The lowest BCUT2D eigenvalue weighted by Crippen LogP contribution is -2.08. The lowest BCUT2D eigenvalue weighted by Gasteiger charge is -2.10. The largest absolute Gasteiger partial charge is 0.439 e. The maximum atomic E-state index is 12.1. The Kier molecular flexibility index (Phi) is 8.93. The molecule has 0 unspecified atom stereocenters. The zero-order valence-corrected chi connectivity index (χ0v) is 20.4. The molecule has 2 heterocycles. The van der Waals surface area contributed by atoms with Crippen LogP contribution < -0.4 is 15.4 Å². The number of rotatable bonds is 7. The van der Waals surface area contributed by atoms with Crippen molar-refractivity contribution in [2.45, 2.75) is 19.8 Å². The van der Waals surface area contributed by atoms with E-state index in [4.69, 9.17) is 4.74 Å². The minimum Gasteiger partial charge on any atom is -0.439 e. The molecule has 0 aliphatic heterocycles. The molecule has 1 fully saturated rings. The molecular formula is C27H26N4O3S. The summed E-state index contributed by atoms with van der Waals surface area (Å²) in [5, 5.41) is 6.54. The first-order chi connectivity index (χ1) is 16.9. The van der Waals surface area contributed by atoms with Crippen molar-refractivity contribution in [3.8, 4) is 23.5 Å². The van der Waals surface area contributed by atoms with Crippen LogP contribution in [0.1, 0.15) is 18.4 Å². The lowest BCUT2D eigenvalue weighted by atomic mass is 10.2. The number of benzene rings is 1. The molecule has 1 aromatic carbocycles. The van der Waals surface area contributed by atoms with Crippen LogP contribution in [0.5, 0.6) is 11.6 Å². The van der Waals surface area contributed by atoms with E-state index in [0.717, 1.165) is 40.2 Å². The van der Waals surface area contributed by atoms with Gasteiger partial charge in [0, 0.05) is 42.3 Å². The topological polar surface area (TPSA) is 93.2 Å². The number of fused-ring (bicyclic) bond motifs is 1. The second-order valence-electron chi connectivity index (χ2n) is 7.56. The Hall–Kier alpha value is -4.22. The molecule has 35 heavy (non-hydrogen) atoms. The van der Waals surface area contributed by atoms with Gasteiger partial charge >= 0.3 is 5.91 Å². The van der Waals surface area contributed by atoms with Gasteiger partial charge in [0.1, 0.15) is 22.4 Å². The zero-order valence-electron chi connectivity index (χ0n) is 19.6. The predicted octanol–water partition coefficient (Wildman–Crippen LogP) is 5.67. The third-order valence-electron chi connectivity index (χ3n) is 4.76. The van der Waals surface area contributed by atoms with Crippen LogP contribution in [-0.2, 0) is 9.59 Å². The molecule has 1 amide bonds. The van der Waals surface area contributed by atoms with E-state index >= 15 is 0 Å². The van der Waals surface area contributed by atoms with Gasteiger partial charge in [-0.1, -0.05) is 48.6 Å². The van der Waals surface area contributed by atoms with Gasteiger partial charge in [0.2, 0.25) is 5.88 Å². The molecule has 178 valence electrons. The van der Waals surface area contributed by atoms with Gasteiger partial charge in [-0.25, -0.2) is 9.97 Å². The van der Waals surface area contributed by atoms with Crippen LogP contribution >= 0.6 is 11.3 Å². The second kappa shape index (κ2) is 12.3. The number of ether oxygens (including phenoxy) is 1. The van der Waals surface area contributed by atoms with Gasteiger partial charge in [-0.15, -0.1) is 0 Å². The average Bonchev–Trinajstić information content (AvgIpc) is 3.62. The third-order valence-corrected chi connectivity index (χ3v) is 5.74. The predicted molar refractivity (Wildman–Crippen MR) is 142 cm³/mol. The first kappa shape index (κ1) is 25.4. The van der Waals surface area contributed by atoms with Crippen molar-refractivity contribution in [1.29, 1.82) is 0 Å². The number of nitrogens with zero attached hydrogens (tertiary/aromatic N) is 2. The number of amides is 1. The van der Waals surface area contributed by atoms with Gasteiger partial charge in [0.05, 0.1) is 0 Å². The van der Waals surface area contributed by atoms with Crippen LogP contribution in [-0.4, -0.2) is 29.2 Å². The number of thiazole rings is 1. The Balaban J connectivity index is 0.000000607. The molecule has 4 rings (SSSR count). The highest BCUT2D eigenvalue weighted by Crippen LogP contribution is 2.30. The van der Waals surface area contributed by atoms with Gasteiger partial charge in [0.25, 0.3) is 0 Å². The fourth-order valence-corrected chi connectivity index (χ4v) is 3.46. The molecule has 1 aliphatic carbocycles. The van der Waals surface area contributed by atoms with Crippen molar-refractivity contribution in [1.82, 2.24) is 9.97 Å². The number of aromatic nitrogens is 2. The van der Waals surface area contributed by atoms with Gasteiger partial charge in [0.15, 0.2) is 5.13 Å². The highest BCUT2D eigenvalue weighted by molar-refractivity contribution is 7.21. The van der Waals surface area contributed by atoms with Crippen molar-refractivity contribution < 1.29 is 14.3 Å². The monoisotopic (exact) mass is 486 g/mol. The molecule has 1 aliphatic rings.